The number of hydrogen-bond donors (Lipinski definition) is 1. The summed E-state index contributed by atoms with van der Waals surface area (Å²) in [7, 11) is -3.03. The Balaban J connectivity index is 2.55. The third-order valence-electron chi connectivity index (χ3n) is 2.36. The maximum Gasteiger partial charge on any atom is 0.214 e. The van der Waals surface area contributed by atoms with Crippen LogP contribution in [0.4, 0.5) is 0 Å². The van der Waals surface area contributed by atoms with Gasteiger partial charge in [0.2, 0.25) is 10.0 Å². The molecule has 1 fully saturated rings. The maximum atomic E-state index is 11.8. The highest BCUT2D eigenvalue weighted by molar-refractivity contribution is 7.89. The van der Waals surface area contributed by atoms with E-state index in [0.29, 0.717) is 19.5 Å². The Morgan fingerprint density at radius 2 is 2.07 bits per heavy atom. The molecule has 0 unspecified atom stereocenters. The van der Waals surface area contributed by atoms with Crippen LogP contribution in [0.1, 0.15) is 32.6 Å². The van der Waals surface area contributed by atoms with Gasteiger partial charge in [-0.25, -0.2) is 8.42 Å². The first kappa shape index (κ1) is 11.9. The molecule has 1 aliphatic carbocycles. The lowest BCUT2D eigenvalue weighted by Crippen LogP contribution is -2.36. The van der Waals surface area contributed by atoms with Crippen LogP contribution in [0.5, 0.6) is 0 Å². The summed E-state index contributed by atoms with van der Waals surface area (Å²) < 4.78 is 25.3. The van der Waals surface area contributed by atoms with E-state index in [1.54, 1.807) is 4.31 Å². The van der Waals surface area contributed by atoms with Crippen LogP contribution in [-0.4, -0.2) is 37.6 Å². The molecule has 0 aromatic heterocycles. The van der Waals surface area contributed by atoms with Crippen molar-refractivity contribution in [1.82, 2.24) is 4.31 Å². The molecule has 1 saturated carbocycles. The number of sulfonamides is 1. The van der Waals surface area contributed by atoms with Crippen LogP contribution in [0.3, 0.4) is 0 Å². The molecule has 0 bridgehead atoms. The highest BCUT2D eigenvalue weighted by atomic mass is 32.2. The van der Waals surface area contributed by atoms with Crippen molar-refractivity contribution in [3.05, 3.63) is 0 Å². The van der Waals surface area contributed by atoms with Crippen molar-refractivity contribution in [2.45, 2.75) is 38.6 Å². The molecular formula is C9H20N2O2S. The smallest absolute Gasteiger partial charge is 0.214 e. The Morgan fingerprint density at radius 3 is 2.50 bits per heavy atom. The van der Waals surface area contributed by atoms with Gasteiger partial charge in [-0.1, -0.05) is 6.92 Å². The third kappa shape index (κ3) is 3.22. The van der Waals surface area contributed by atoms with Gasteiger partial charge >= 0.3 is 0 Å². The van der Waals surface area contributed by atoms with Crippen molar-refractivity contribution < 1.29 is 8.42 Å². The molecule has 14 heavy (non-hydrogen) atoms. The van der Waals surface area contributed by atoms with Gasteiger partial charge in [0.05, 0.1) is 5.75 Å². The van der Waals surface area contributed by atoms with Crippen molar-refractivity contribution in [2.75, 3.05) is 18.8 Å². The summed E-state index contributed by atoms with van der Waals surface area (Å²) in [6.45, 7) is 3.12. The van der Waals surface area contributed by atoms with Gasteiger partial charge in [-0.2, -0.15) is 4.31 Å². The van der Waals surface area contributed by atoms with Crippen LogP contribution in [0.2, 0.25) is 0 Å². The number of rotatable bonds is 7. The second-order valence-electron chi connectivity index (χ2n) is 3.80. The van der Waals surface area contributed by atoms with Crippen molar-refractivity contribution in [2.24, 2.45) is 5.73 Å². The molecule has 4 nitrogen and oxygen atoms in total. The van der Waals surface area contributed by atoms with E-state index >= 15 is 0 Å². The van der Waals surface area contributed by atoms with E-state index in [4.69, 9.17) is 5.73 Å². The summed E-state index contributed by atoms with van der Waals surface area (Å²) in [6, 6.07) is 0.290. The Morgan fingerprint density at radius 1 is 1.43 bits per heavy atom. The molecule has 0 amide bonds. The van der Waals surface area contributed by atoms with E-state index in [9.17, 15) is 8.42 Å². The van der Waals surface area contributed by atoms with Gasteiger partial charge in [0.1, 0.15) is 0 Å². The van der Waals surface area contributed by atoms with Crippen molar-refractivity contribution in [1.29, 1.82) is 0 Å². The van der Waals surface area contributed by atoms with Gasteiger partial charge in [-0.05, 0) is 32.2 Å². The number of nitrogens with two attached hydrogens (primary N) is 1. The van der Waals surface area contributed by atoms with E-state index in [-0.39, 0.29) is 11.8 Å². The molecular weight excluding hydrogens is 200 g/mol. The second-order valence-corrected chi connectivity index (χ2v) is 5.84. The largest absolute Gasteiger partial charge is 0.330 e. The summed E-state index contributed by atoms with van der Waals surface area (Å²) in [6.07, 6.45) is 3.51. The molecule has 0 aliphatic heterocycles. The van der Waals surface area contributed by atoms with Crippen LogP contribution in [0, 0.1) is 0 Å². The summed E-state index contributed by atoms with van der Waals surface area (Å²) in [5.41, 5.74) is 5.32. The number of hydrogen-bond acceptors (Lipinski definition) is 3. The van der Waals surface area contributed by atoms with Gasteiger partial charge in [-0.3, -0.25) is 0 Å². The number of nitrogens with zero attached hydrogens (tertiary/aromatic N) is 1. The molecule has 0 aromatic carbocycles. The van der Waals surface area contributed by atoms with Crippen LogP contribution in [0.15, 0.2) is 0 Å². The lowest BCUT2D eigenvalue weighted by molar-refractivity contribution is 0.402. The van der Waals surface area contributed by atoms with E-state index in [2.05, 4.69) is 0 Å². The average molecular weight is 220 g/mol. The summed E-state index contributed by atoms with van der Waals surface area (Å²) in [4.78, 5) is 0. The molecule has 0 atom stereocenters. The molecule has 0 saturated heterocycles. The quantitative estimate of drug-likeness (QED) is 0.681. The standard InChI is InChI=1S/C9H20N2O2S/c1-2-7-11(9-4-5-9)14(12,13)8-3-6-10/h9H,2-8,10H2,1H3. The minimum Gasteiger partial charge on any atom is -0.330 e. The Hall–Kier alpha value is -0.130. The first-order valence-corrected chi connectivity index (χ1v) is 6.92. The van der Waals surface area contributed by atoms with Crippen LogP contribution in [-0.2, 0) is 10.0 Å². The highest BCUT2D eigenvalue weighted by Gasteiger charge is 2.35. The predicted octanol–water partition coefficient (Wildman–Crippen LogP) is 0.539. The van der Waals surface area contributed by atoms with Gasteiger partial charge < -0.3 is 5.73 Å². The summed E-state index contributed by atoms with van der Waals surface area (Å²) in [5, 5.41) is 0. The molecule has 0 heterocycles. The minimum atomic E-state index is -3.03. The molecule has 0 aromatic rings. The van der Waals surface area contributed by atoms with Gasteiger partial charge in [0, 0.05) is 12.6 Å². The SMILES string of the molecule is CCCN(C1CC1)S(=O)(=O)CCCN. The monoisotopic (exact) mass is 220 g/mol. The third-order valence-corrected chi connectivity index (χ3v) is 4.36. The minimum absolute atomic E-state index is 0.208. The molecule has 1 aliphatic rings. The zero-order valence-electron chi connectivity index (χ0n) is 8.78. The van der Waals surface area contributed by atoms with Crippen molar-refractivity contribution >= 4 is 10.0 Å². The van der Waals surface area contributed by atoms with Crippen molar-refractivity contribution in [3.8, 4) is 0 Å². The van der Waals surface area contributed by atoms with Gasteiger partial charge in [0.15, 0.2) is 0 Å². The fourth-order valence-corrected chi connectivity index (χ4v) is 3.41. The fraction of sp³-hybridized carbons (Fsp3) is 1.00. The normalized spacial score (nSPS) is 17.6. The Kier molecular flexibility index (Phi) is 4.34. The van der Waals surface area contributed by atoms with Gasteiger partial charge in [-0.15, -0.1) is 0 Å². The summed E-state index contributed by atoms with van der Waals surface area (Å²) in [5.74, 6) is 0.208. The zero-order chi connectivity index (χ0) is 10.6. The van der Waals surface area contributed by atoms with Crippen molar-refractivity contribution in [3.63, 3.8) is 0 Å². The molecule has 5 heteroatoms. The van der Waals surface area contributed by atoms with Crippen LogP contribution >= 0.6 is 0 Å². The van der Waals surface area contributed by atoms with E-state index in [1.165, 1.54) is 0 Å². The van der Waals surface area contributed by atoms with Crippen LogP contribution < -0.4 is 5.73 Å². The molecule has 0 radical (unpaired) electrons. The van der Waals surface area contributed by atoms with E-state index < -0.39 is 10.0 Å². The first-order chi connectivity index (χ1) is 6.61. The first-order valence-electron chi connectivity index (χ1n) is 5.31. The van der Waals surface area contributed by atoms with E-state index in [1.807, 2.05) is 6.92 Å². The second kappa shape index (κ2) is 5.09. The van der Waals surface area contributed by atoms with Crippen LogP contribution in [0.25, 0.3) is 0 Å². The summed E-state index contributed by atoms with van der Waals surface area (Å²) >= 11 is 0. The Labute approximate surface area is 86.5 Å². The average Bonchev–Trinajstić information content (AvgIpc) is 2.94. The lowest BCUT2D eigenvalue weighted by atomic mass is 10.5. The molecule has 0 spiro atoms. The zero-order valence-corrected chi connectivity index (χ0v) is 9.59. The van der Waals surface area contributed by atoms with E-state index in [0.717, 1.165) is 19.3 Å². The highest BCUT2D eigenvalue weighted by Crippen LogP contribution is 2.29. The lowest BCUT2D eigenvalue weighted by Gasteiger charge is -2.20. The van der Waals surface area contributed by atoms with Gasteiger partial charge in [0.25, 0.3) is 0 Å². The Bertz CT molecular complexity index is 260. The predicted molar refractivity (Wildman–Crippen MR) is 57.5 cm³/mol. The maximum absolute atomic E-state index is 11.8. The molecule has 1 rings (SSSR count). The topological polar surface area (TPSA) is 63.4 Å². The molecule has 84 valence electrons. The fourth-order valence-electron chi connectivity index (χ4n) is 1.51. The molecule has 2 N–H and O–H groups in total.